The predicted octanol–water partition coefficient (Wildman–Crippen LogP) is 3.92. The molecule has 1 aliphatic rings. The average molecular weight is 423 g/mol. The number of nitrogens with one attached hydrogen (secondary N) is 1. The fraction of sp³-hybridized carbons (Fsp3) is 0.450. The molecule has 1 aromatic heterocycles. The molecule has 0 fully saturated rings. The lowest BCUT2D eigenvalue weighted by molar-refractivity contribution is 0.103. The number of sulfonamides is 1. The van der Waals surface area contributed by atoms with Crippen LogP contribution in [0.15, 0.2) is 29.2 Å². The number of rotatable bonds is 5. The van der Waals surface area contributed by atoms with Crippen LogP contribution in [-0.2, 0) is 22.9 Å². The first-order valence-corrected chi connectivity index (χ1v) is 11.6. The molecule has 0 spiro atoms. The number of aryl methyl sites for hydroxylation is 2. The number of fused-ring (bicyclic) bond motifs is 1. The molecular formula is C20H26N2O4S2. The van der Waals surface area contributed by atoms with E-state index >= 15 is 0 Å². The van der Waals surface area contributed by atoms with Gasteiger partial charge in [-0.25, -0.2) is 12.7 Å². The zero-order valence-corrected chi connectivity index (χ0v) is 18.1. The van der Waals surface area contributed by atoms with Crippen LogP contribution in [-0.4, -0.2) is 39.8 Å². The first kappa shape index (κ1) is 20.8. The molecule has 0 unspecified atom stereocenters. The molecule has 0 atom stereocenters. The Labute approximate surface area is 170 Å². The summed E-state index contributed by atoms with van der Waals surface area (Å²) in [5.41, 5.74) is 1.70. The van der Waals surface area contributed by atoms with E-state index in [0.717, 1.165) is 23.6 Å². The molecule has 1 aliphatic carbocycles. The molecule has 0 saturated heterocycles. The highest BCUT2D eigenvalue weighted by Gasteiger charge is 2.23. The molecule has 3 rings (SSSR count). The van der Waals surface area contributed by atoms with Gasteiger partial charge >= 0.3 is 0 Å². The van der Waals surface area contributed by atoms with Crippen molar-refractivity contribution >= 4 is 33.0 Å². The normalized spacial score (nSPS) is 14.9. The Morgan fingerprint density at radius 1 is 1.11 bits per heavy atom. The van der Waals surface area contributed by atoms with Crippen molar-refractivity contribution in [3.8, 4) is 5.75 Å². The molecule has 1 aromatic carbocycles. The Morgan fingerprint density at radius 3 is 2.50 bits per heavy atom. The van der Waals surface area contributed by atoms with Gasteiger partial charge in [0, 0.05) is 24.7 Å². The summed E-state index contributed by atoms with van der Waals surface area (Å²) < 4.78 is 31.4. The van der Waals surface area contributed by atoms with E-state index in [1.54, 1.807) is 23.5 Å². The van der Waals surface area contributed by atoms with Crippen LogP contribution in [0.3, 0.4) is 0 Å². The van der Waals surface area contributed by atoms with E-state index < -0.39 is 10.0 Å². The molecular weight excluding hydrogens is 396 g/mol. The third-order valence-electron chi connectivity index (χ3n) is 4.90. The lowest BCUT2D eigenvalue weighted by Crippen LogP contribution is -2.23. The third-order valence-corrected chi connectivity index (χ3v) is 7.97. The van der Waals surface area contributed by atoms with Gasteiger partial charge < -0.3 is 10.1 Å². The number of ether oxygens (including phenoxy) is 1. The van der Waals surface area contributed by atoms with E-state index in [-0.39, 0.29) is 16.6 Å². The highest BCUT2D eigenvalue weighted by Crippen LogP contribution is 2.31. The van der Waals surface area contributed by atoms with E-state index in [0.29, 0.717) is 10.6 Å². The number of nitrogens with zero attached hydrogens (tertiary/aromatic N) is 1. The van der Waals surface area contributed by atoms with Gasteiger partial charge in [-0.1, -0.05) is 12.8 Å². The van der Waals surface area contributed by atoms with Gasteiger partial charge in [-0.3, -0.25) is 4.79 Å². The quantitative estimate of drug-likeness (QED) is 0.792. The standard InChI is InChI=1S/C20H26N2O4S2/c1-22(2)28(24,25)19-13-15(10-11-16(19)26-3)21-20(23)18-12-14-8-6-4-5-7-9-17(14)27-18/h10-13H,4-9H2,1-3H3,(H,21,23). The smallest absolute Gasteiger partial charge is 0.265 e. The number of amides is 1. The van der Waals surface area contributed by atoms with Crippen LogP contribution in [0, 0.1) is 0 Å². The molecule has 1 amide bonds. The second-order valence-corrected chi connectivity index (χ2v) is 10.3. The van der Waals surface area contributed by atoms with Crippen LogP contribution < -0.4 is 10.1 Å². The topological polar surface area (TPSA) is 75.7 Å². The SMILES string of the molecule is COc1ccc(NC(=O)c2cc3c(s2)CCCCCC3)cc1S(=O)(=O)N(C)C. The van der Waals surface area contributed by atoms with Crippen molar-refractivity contribution in [1.82, 2.24) is 4.31 Å². The number of carbonyl (C=O) groups excluding carboxylic acids is 1. The fourth-order valence-electron chi connectivity index (χ4n) is 3.30. The van der Waals surface area contributed by atoms with E-state index in [1.807, 2.05) is 6.07 Å². The largest absolute Gasteiger partial charge is 0.495 e. The lowest BCUT2D eigenvalue weighted by atomic mass is 10.00. The highest BCUT2D eigenvalue weighted by atomic mass is 32.2. The van der Waals surface area contributed by atoms with Crippen molar-refractivity contribution in [1.29, 1.82) is 0 Å². The third kappa shape index (κ3) is 4.39. The minimum atomic E-state index is -3.69. The summed E-state index contributed by atoms with van der Waals surface area (Å²) in [5, 5.41) is 2.83. The second kappa shape index (κ2) is 8.63. The van der Waals surface area contributed by atoms with Crippen LogP contribution in [0.25, 0.3) is 0 Å². The molecule has 1 N–H and O–H groups in total. The minimum Gasteiger partial charge on any atom is -0.495 e. The monoisotopic (exact) mass is 422 g/mol. The molecule has 0 aliphatic heterocycles. The summed E-state index contributed by atoms with van der Waals surface area (Å²) in [6.07, 6.45) is 6.86. The van der Waals surface area contributed by atoms with Crippen molar-refractivity contribution in [3.05, 3.63) is 39.6 Å². The Balaban J connectivity index is 1.86. The maximum absolute atomic E-state index is 12.8. The van der Waals surface area contributed by atoms with Gasteiger partial charge in [-0.2, -0.15) is 0 Å². The fourth-order valence-corrected chi connectivity index (χ4v) is 5.53. The van der Waals surface area contributed by atoms with Crippen molar-refractivity contribution in [2.45, 2.75) is 43.4 Å². The molecule has 6 nitrogen and oxygen atoms in total. The molecule has 0 bridgehead atoms. The maximum atomic E-state index is 12.8. The Kier molecular flexibility index (Phi) is 6.42. The second-order valence-electron chi connectivity index (χ2n) is 7.08. The summed E-state index contributed by atoms with van der Waals surface area (Å²) >= 11 is 1.54. The van der Waals surface area contributed by atoms with Gasteiger partial charge in [0.05, 0.1) is 12.0 Å². The zero-order valence-electron chi connectivity index (χ0n) is 16.4. The van der Waals surface area contributed by atoms with Gasteiger partial charge in [0.25, 0.3) is 5.91 Å². The average Bonchev–Trinajstić information content (AvgIpc) is 3.03. The molecule has 1 heterocycles. The van der Waals surface area contributed by atoms with Crippen molar-refractivity contribution in [2.24, 2.45) is 0 Å². The zero-order chi connectivity index (χ0) is 20.3. The van der Waals surface area contributed by atoms with E-state index in [9.17, 15) is 13.2 Å². The lowest BCUT2D eigenvalue weighted by Gasteiger charge is -2.15. The van der Waals surface area contributed by atoms with E-state index in [4.69, 9.17) is 4.74 Å². The number of hydrogen-bond acceptors (Lipinski definition) is 5. The summed E-state index contributed by atoms with van der Waals surface area (Å²) in [4.78, 5) is 14.8. The van der Waals surface area contributed by atoms with Gasteiger partial charge in [-0.05, 0) is 55.5 Å². The van der Waals surface area contributed by atoms with Gasteiger partial charge in [0.15, 0.2) is 0 Å². The number of benzene rings is 1. The van der Waals surface area contributed by atoms with Crippen LogP contribution in [0.5, 0.6) is 5.75 Å². The number of hydrogen-bond donors (Lipinski definition) is 1. The molecule has 2 aromatic rings. The van der Waals surface area contributed by atoms with Crippen LogP contribution in [0.1, 0.15) is 45.8 Å². The number of anilines is 1. The number of methoxy groups -OCH3 is 1. The highest BCUT2D eigenvalue weighted by molar-refractivity contribution is 7.89. The summed E-state index contributed by atoms with van der Waals surface area (Å²) in [6.45, 7) is 0. The minimum absolute atomic E-state index is 0.0243. The summed E-state index contributed by atoms with van der Waals surface area (Å²) in [7, 11) is 0.646. The Bertz CT molecular complexity index is 939. The number of carbonyl (C=O) groups is 1. The molecule has 28 heavy (non-hydrogen) atoms. The van der Waals surface area contributed by atoms with Crippen LogP contribution in [0.2, 0.25) is 0 Å². The molecule has 152 valence electrons. The maximum Gasteiger partial charge on any atom is 0.265 e. The Morgan fingerprint density at radius 2 is 1.82 bits per heavy atom. The Hall–Kier alpha value is -1.90. The van der Waals surface area contributed by atoms with Gasteiger partial charge in [0.1, 0.15) is 10.6 Å². The van der Waals surface area contributed by atoms with Crippen molar-refractivity contribution in [2.75, 3.05) is 26.5 Å². The van der Waals surface area contributed by atoms with Crippen molar-refractivity contribution < 1.29 is 17.9 Å². The van der Waals surface area contributed by atoms with Crippen LogP contribution >= 0.6 is 11.3 Å². The van der Waals surface area contributed by atoms with Gasteiger partial charge in [-0.15, -0.1) is 11.3 Å². The molecule has 8 heteroatoms. The van der Waals surface area contributed by atoms with E-state index in [2.05, 4.69) is 5.32 Å². The van der Waals surface area contributed by atoms with Crippen LogP contribution in [0.4, 0.5) is 5.69 Å². The van der Waals surface area contributed by atoms with E-state index in [1.165, 1.54) is 57.0 Å². The first-order chi connectivity index (χ1) is 13.3. The summed E-state index contributed by atoms with van der Waals surface area (Å²) in [6, 6.07) is 6.63. The van der Waals surface area contributed by atoms with Gasteiger partial charge in [0.2, 0.25) is 10.0 Å². The molecule has 0 saturated carbocycles. The predicted molar refractivity (Wildman–Crippen MR) is 112 cm³/mol. The summed E-state index contributed by atoms with van der Waals surface area (Å²) in [5.74, 6) is 0.0286. The van der Waals surface area contributed by atoms with Crippen molar-refractivity contribution in [3.63, 3.8) is 0 Å². The first-order valence-electron chi connectivity index (χ1n) is 9.36. The molecule has 0 radical (unpaired) electrons. The number of thiophene rings is 1.